The monoisotopic (exact) mass is 277 g/mol. The Labute approximate surface area is 117 Å². The van der Waals surface area contributed by atoms with Gasteiger partial charge < -0.3 is 15.5 Å². The number of nitrogens with zero attached hydrogens (tertiary/aromatic N) is 1. The van der Waals surface area contributed by atoms with Crippen molar-refractivity contribution < 1.29 is 4.79 Å². The third-order valence-corrected chi connectivity index (χ3v) is 6.02. The Kier molecular flexibility index (Phi) is 2.45. The topological polar surface area (TPSA) is 44.4 Å². The summed E-state index contributed by atoms with van der Waals surface area (Å²) in [4.78, 5) is 16.1. The smallest absolute Gasteiger partial charge is 0.258 e. The van der Waals surface area contributed by atoms with E-state index in [4.69, 9.17) is 0 Å². The molecular weight excluding hydrogens is 258 g/mol. The summed E-state index contributed by atoms with van der Waals surface area (Å²) in [6.07, 6.45) is 5.70. The van der Waals surface area contributed by atoms with Crippen LogP contribution < -0.4 is 10.6 Å². The highest BCUT2D eigenvalue weighted by molar-refractivity contribution is 7.16. The molecule has 2 N–H and O–H groups in total. The van der Waals surface area contributed by atoms with Crippen molar-refractivity contribution in [1.82, 2.24) is 10.2 Å². The molecule has 1 spiro atoms. The fourth-order valence-electron chi connectivity index (χ4n) is 3.61. The molecule has 1 aliphatic carbocycles. The van der Waals surface area contributed by atoms with Gasteiger partial charge in [-0.1, -0.05) is 0 Å². The number of fused-ring (bicyclic) bond motifs is 3. The third kappa shape index (κ3) is 1.51. The minimum atomic E-state index is -0.197. The summed E-state index contributed by atoms with van der Waals surface area (Å²) in [6.45, 7) is 1.82. The summed E-state index contributed by atoms with van der Waals surface area (Å²) in [5.41, 5.74) is 2.11. The first-order valence-electron chi connectivity index (χ1n) is 7.13. The molecule has 1 saturated heterocycles. The molecule has 0 saturated carbocycles. The number of hydrogen-bond acceptors (Lipinski definition) is 4. The number of hydrogen-bond donors (Lipinski definition) is 2. The van der Waals surface area contributed by atoms with Crippen LogP contribution in [0.5, 0.6) is 0 Å². The Bertz CT molecular complexity index is 545. The second kappa shape index (κ2) is 3.96. The molecule has 1 fully saturated rings. The summed E-state index contributed by atoms with van der Waals surface area (Å²) >= 11 is 1.82. The summed E-state index contributed by atoms with van der Waals surface area (Å²) in [5.74, 6) is 0.219. The van der Waals surface area contributed by atoms with Crippen molar-refractivity contribution in [3.05, 3.63) is 16.0 Å². The number of rotatable bonds is 0. The van der Waals surface area contributed by atoms with E-state index in [0.717, 1.165) is 42.9 Å². The number of thiophene rings is 1. The van der Waals surface area contributed by atoms with Crippen molar-refractivity contribution in [2.24, 2.45) is 0 Å². The predicted molar refractivity (Wildman–Crippen MR) is 76.9 cm³/mol. The zero-order valence-corrected chi connectivity index (χ0v) is 12.0. The molecule has 4 nitrogen and oxygen atoms in total. The summed E-state index contributed by atoms with van der Waals surface area (Å²) in [7, 11) is 1.94. The maximum Gasteiger partial charge on any atom is 0.258 e. The van der Waals surface area contributed by atoms with E-state index in [-0.39, 0.29) is 11.6 Å². The van der Waals surface area contributed by atoms with E-state index in [0.29, 0.717) is 0 Å². The van der Waals surface area contributed by atoms with Gasteiger partial charge in [0.2, 0.25) is 0 Å². The molecule has 1 atom stereocenters. The number of likely N-dealkylation sites (N-methyl/N-ethyl adjacent to an activating group) is 1. The van der Waals surface area contributed by atoms with Crippen LogP contribution in [0.15, 0.2) is 0 Å². The number of nitrogens with one attached hydrogen (secondary N) is 2. The Hall–Kier alpha value is -1.07. The van der Waals surface area contributed by atoms with Crippen molar-refractivity contribution in [1.29, 1.82) is 0 Å². The molecule has 3 heterocycles. The van der Waals surface area contributed by atoms with E-state index in [2.05, 4.69) is 10.6 Å². The second-order valence-electron chi connectivity index (χ2n) is 5.86. The molecule has 4 rings (SSSR count). The largest absolute Gasteiger partial charge is 0.353 e. The van der Waals surface area contributed by atoms with E-state index < -0.39 is 0 Å². The van der Waals surface area contributed by atoms with E-state index in [1.165, 1.54) is 23.3 Å². The Balaban J connectivity index is 1.83. The normalized spacial score (nSPS) is 29.3. The molecule has 3 aliphatic rings. The van der Waals surface area contributed by atoms with Gasteiger partial charge in [-0.05, 0) is 37.8 Å². The molecule has 0 bridgehead atoms. The second-order valence-corrected chi connectivity index (χ2v) is 6.97. The third-order valence-electron chi connectivity index (χ3n) is 4.81. The van der Waals surface area contributed by atoms with Crippen molar-refractivity contribution in [2.45, 2.75) is 37.8 Å². The van der Waals surface area contributed by atoms with Crippen LogP contribution in [-0.4, -0.2) is 36.6 Å². The van der Waals surface area contributed by atoms with Crippen molar-refractivity contribution in [2.75, 3.05) is 25.5 Å². The quantitative estimate of drug-likeness (QED) is 0.760. The van der Waals surface area contributed by atoms with E-state index in [1.54, 1.807) is 0 Å². The van der Waals surface area contributed by atoms with Gasteiger partial charge in [0.25, 0.3) is 5.91 Å². The number of carbonyl (C=O) groups is 1. The van der Waals surface area contributed by atoms with Gasteiger partial charge in [0.1, 0.15) is 10.7 Å². The predicted octanol–water partition coefficient (Wildman–Crippen LogP) is 1.81. The summed E-state index contributed by atoms with van der Waals surface area (Å²) < 4.78 is 0. The summed E-state index contributed by atoms with van der Waals surface area (Å²) in [6, 6.07) is 0. The van der Waals surface area contributed by atoms with E-state index in [1.807, 2.05) is 23.3 Å². The molecule has 102 valence electrons. The Morgan fingerprint density at radius 3 is 2.95 bits per heavy atom. The highest BCUT2D eigenvalue weighted by Crippen LogP contribution is 2.44. The zero-order chi connectivity index (χ0) is 13.0. The SMILES string of the molecule is CN1C(=O)c2c(sc3c2CCCC3)NC12CCNC2. The maximum absolute atomic E-state index is 12.8. The number of amides is 1. The average molecular weight is 277 g/mol. The van der Waals surface area contributed by atoms with Crippen molar-refractivity contribution in [3.63, 3.8) is 0 Å². The van der Waals surface area contributed by atoms with Gasteiger partial charge in [0.15, 0.2) is 0 Å². The highest BCUT2D eigenvalue weighted by Gasteiger charge is 2.46. The fourth-order valence-corrected chi connectivity index (χ4v) is 4.98. The van der Waals surface area contributed by atoms with Gasteiger partial charge in [-0.2, -0.15) is 0 Å². The fraction of sp³-hybridized carbons (Fsp3) is 0.643. The minimum absolute atomic E-state index is 0.197. The van der Waals surface area contributed by atoms with Gasteiger partial charge in [-0.3, -0.25) is 4.79 Å². The van der Waals surface area contributed by atoms with Crippen LogP contribution in [0, 0.1) is 0 Å². The number of anilines is 1. The van der Waals surface area contributed by atoms with Gasteiger partial charge >= 0.3 is 0 Å². The van der Waals surface area contributed by atoms with Gasteiger partial charge in [-0.15, -0.1) is 11.3 Å². The number of carbonyl (C=O) groups excluding carboxylic acids is 1. The molecule has 19 heavy (non-hydrogen) atoms. The van der Waals surface area contributed by atoms with Crippen molar-refractivity contribution >= 4 is 22.2 Å². The molecule has 5 heteroatoms. The Morgan fingerprint density at radius 1 is 1.32 bits per heavy atom. The first kappa shape index (κ1) is 11.7. The molecular formula is C14H19N3OS. The van der Waals surface area contributed by atoms with Crippen LogP contribution in [0.4, 0.5) is 5.00 Å². The van der Waals surface area contributed by atoms with Crippen LogP contribution in [0.3, 0.4) is 0 Å². The Morgan fingerprint density at radius 2 is 2.16 bits per heavy atom. The molecule has 0 aromatic carbocycles. The first-order chi connectivity index (χ1) is 9.21. The lowest BCUT2D eigenvalue weighted by atomic mass is 9.93. The molecule has 1 amide bonds. The van der Waals surface area contributed by atoms with Crippen LogP contribution in [0.25, 0.3) is 0 Å². The molecule has 1 aromatic heterocycles. The zero-order valence-electron chi connectivity index (χ0n) is 11.2. The minimum Gasteiger partial charge on any atom is -0.353 e. The van der Waals surface area contributed by atoms with Gasteiger partial charge in [0, 0.05) is 24.9 Å². The molecule has 1 unspecified atom stereocenters. The molecule has 0 radical (unpaired) electrons. The van der Waals surface area contributed by atoms with Crippen LogP contribution in [-0.2, 0) is 12.8 Å². The molecule has 1 aromatic rings. The molecule has 2 aliphatic heterocycles. The van der Waals surface area contributed by atoms with Crippen LogP contribution >= 0.6 is 11.3 Å². The van der Waals surface area contributed by atoms with Crippen LogP contribution in [0.1, 0.15) is 40.1 Å². The van der Waals surface area contributed by atoms with Crippen molar-refractivity contribution in [3.8, 4) is 0 Å². The lowest BCUT2D eigenvalue weighted by molar-refractivity contribution is 0.0622. The van der Waals surface area contributed by atoms with Gasteiger partial charge in [-0.25, -0.2) is 0 Å². The highest BCUT2D eigenvalue weighted by atomic mass is 32.1. The first-order valence-corrected chi connectivity index (χ1v) is 7.94. The lowest BCUT2D eigenvalue weighted by Crippen LogP contribution is -2.59. The van der Waals surface area contributed by atoms with E-state index >= 15 is 0 Å². The maximum atomic E-state index is 12.8. The van der Waals surface area contributed by atoms with Gasteiger partial charge in [0.05, 0.1) is 5.56 Å². The standard InChI is InChI=1S/C14H19N3OS/c1-17-13(18)11-9-4-2-3-5-10(9)19-12(11)16-14(17)6-7-15-8-14/h15-16H,2-8H2,1H3. The average Bonchev–Trinajstić information content (AvgIpc) is 3.01. The lowest BCUT2D eigenvalue weighted by Gasteiger charge is -2.43. The number of aryl methyl sites for hydroxylation is 1. The van der Waals surface area contributed by atoms with Crippen LogP contribution in [0.2, 0.25) is 0 Å². The summed E-state index contributed by atoms with van der Waals surface area (Å²) in [5, 5.41) is 8.17. The van der Waals surface area contributed by atoms with E-state index in [9.17, 15) is 4.79 Å².